The molecule has 2 aromatic rings. The number of carbonyl (C=O) groups excluding carboxylic acids is 1. The maximum absolute atomic E-state index is 13.0. The van der Waals surface area contributed by atoms with Crippen LogP contribution in [0, 0.1) is 19.8 Å². The molecule has 2 aromatic heterocycles. The summed E-state index contributed by atoms with van der Waals surface area (Å²) in [5.41, 5.74) is 1.85. The fourth-order valence-corrected chi connectivity index (χ4v) is 3.75. The summed E-state index contributed by atoms with van der Waals surface area (Å²) < 4.78 is 13.5. The van der Waals surface area contributed by atoms with E-state index in [1.165, 1.54) is 18.5 Å². The van der Waals surface area contributed by atoms with Crippen LogP contribution >= 0.6 is 0 Å². The molecule has 6 nitrogen and oxygen atoms in total. The molecule has 0 radical (unpaired) electrons. The van der Waals surface area contributed by atoms with Crippen molar-refractivity contribution >= 4 is 5.91 Å². The normalized spacial score (nSPS) is 19.7. The summed E-state index contributed by atoms with van der Waals surface area (Å²) >= 11 is 0. The molecule has 4 rings (SSSR count). The first-order valence-electron chi connectivity index (χ1n) is 9.54. The second kappa shape index (κ2) is 6.91. The SMILES string of the molecule is Cc1cc(C(=O)N2CCn3c(CCOCC4CC4)cnc3[C@@H]2C)c(C)o1. The molecule has 6 heteroatoms. The lowest BCUT2D eigenvalue weighted by Gasteiger charge is -2.34. The van der Waals surface area contributed by atoms with Crippen LogP contribution in [0.5, 0.6) is 0 Å². The summed E-state index contributed by atoms with van der Waals surface area (Å²) in [6.07, 6.45) is 5.45. The van der Waals surface area contributed by atoms with Crippen LogP contribution in [0.4, 0.5) is 0 Å². The van der Waals surface area contributed by atoms with Crippen LogP contribution in [0.3, 0.4) is 0 Å². The molecule has 2 aliphatic rings. The van der Waals surface area contributed by atoms with Gasteiger partial charge in [-0.2, -0.15) is 0 Å². The maximum atomic E-state index is 13.0. The highest BCUT2D eigenvalue weighted by Crippen LogP contribution is 2.30. The molecule has 0 N–H and O–H groups in total. The molecule has 1 aliphatic heterocycles. The second-order valence-electron chi connectivity index (χ2n) is 7.53. The quantitative estimate of drug-likeness (QED) is 0.745. The maximum Gasteiger partial charge on any atom is 0.258 e. The van der Waals surface area contributed by atoms with E-state index < -0.39 is 0 Å². The van der Waals surface area contributed by atoms with Gasteiger partial charge in [-0.3, -0.25) is 4.79 Å². The number of rotatable bonds is 6. The fraction of sp³-hybridized carbons (Fsp3) is 0.600. The highest BCUT2D eigenvalue weighted by Gasteiger charge is 2.32. The van der Waals surface area contributed by atoms with Gasteiger partial charge in [0.15, 0.2) is 0 Å². The van der Waals surface area contributed by atoms with E-state index in [0.717, 1.165) is 43.7 Å². The van der Waals surface area contributed by atoms with Gasteiger partial charge in [-0.1, -0.05) is 0 Å². The molecule has 1 atom stereocenters. The summed E-state index contributed by atoms with van der Waals surface area (Å²) in [7, 11) is 0. The highest BCUT2D eigenvalue weighted by molar-refractivity contribution is 5.95. The lowest BCUT2D eigenvalue weighted by molar-refractivity contribution is 0.0633. The lowest BCUT2D eigenvalue weighted by atomic mass is 10.1. The summed E-state index contributed by atoms with van der Waals surface area (Å²) in [5.74, 6) is 3.23. The number of ether oxygens (including phenoxy) is 1. The second-order valence-corrected chi connectivity index (χ2v) is 7.53. The van der Waals surface area contributed by atoms with Crippen LogP contribution in [0.15, 0.2) is 16.7 Å². The molecule has 26 heavy (non-hydrogen) atoms. The summed E-state index contributed by atoms with van der Waals surface area (Å²) in [6, 6.07) is 1.78. The summed E-state index contributed by atoms with van der Waals surface area (Å²) in [4.78, 5) is 19.5. The topological polar surface area (TPSA) is 60.5 Å². The van der Waals surface area contributed by atoms with Gasteiger partial charge < -0.3 is 18.6 Å². The van der Waals surface area contributed by atoms with Crippen LogP contribution in [-0.4, -0.2) is 40.1 Å². The van der Waals surface area contributed by atoms with Gasteiger partial charge in [-0.25, -0.2) is 4.98 Å². The Morgan fingerprint density at radius 1 is 1.35 bits per heavy atom. The van der Waals surface area contributed by atoms with E-state index >= 15 is 0 Å². The van der Waals surface area contributed by atoms with Crippen molar-refractivity contribution in [2.75, 3.05) is 19.8 Å². The van der Waals surface area contributed by atoms with Gasteiger partial charge >= 0.3 is 0 Å². The zero-order chi connectivity index (χ0) is 18.3. The molecule has 3 heterocycles. The fourth-order valence-electron chi connectivity index (χ4n) is 3.75. The third kappa shape index (κ3) is 3.30. The Labute approximate surface area is 154 Å². The number of fused-ring (bicyclic) bond motifs is 1. The Morgan fingerprint density at radius 3 is 2.85 bits per heavy atom. The number of furan rings is 1. The molecule has 0 spiro atoms. The van der Waals surface area contributed by atoms with E-state index in [0.29, 0.717) is 17.9 Å². The Bertz CT molecular complexity index is 803. The molecule has 0 saturated heterocycles. The van der Waals surface area contributed by atoms with Crippen LogP contribution in [0.2, 0.25) is 0 Å². The van der Waals surface area contributed by atoms with Crippen molar-refractivity contribution in [3.63, 3.8) is 0 Å². The van der Waals surface area contributed by atoms with Gasteiger partial charge in [0.1, 0.15) is 17.3 Å². The van der Waals surface area contributed by atoms with Crippen molar-refractivity contribution < 1.29 is 13.9 Å². The third-order valence-corrected chi connectivity index (χ3v) is 5.46. The molecule has 1 aliphatic carbocycles. The molecule has 0 unspecified atom stereocenters. The highest BCUT2D eigenvalue weighted by atomic mass is 16.5. The molecular formula is C20H27N3O3. The van der Waals surface area contributed by atoms with Crippen molar-refractivity contribution in [3.8, 4) is 0 Å². The van der Waals surface area contributed by atoms with Crippen LogP contribution in [0.1, 0.15) is 59.2 Å². The lowest BCUT2D eigenvalue weighted by Crippen LogP contribution is -2.41. The van der Waals surface area contributed by atoms with Gasteiger partial charge in [-0.15, -0.1) is 0 Å². The van der Waals surface area contributed by atoms with E-state index in [4.69, 9.17) is 9.15 Å². The Hall–Kier alpha value is -2.08. The number of aromatic nitrogens is 2. The van der Waals surface area contributed by atoms with Crippen LogP contribution in [-0.2, 0) is 17.7 Å². The van der Waals surface area contributed by atoms with E-state index in [-0.39, 0.29) is 11.9 Å². The third-order valence-electron chi connectivity index (χ3n) is 5.46. The number of hydrogen-bond donors (Lipinski definition) is 0. The predicted molar refractivity (Wildman–Crippen MR) is 97.1 cm³/mol. The number of hydrogen-bond acceptors (Lipinski definition) is 4. The zero-order valence-corrected chi connectivity index (χ0v) is 15.8. The van der Waals surface area contributed by atoms with Crippen molar-refractivity contribution in [3.05, 3.63) is 40.9 Å². The van der Waals surface area contributed by atoms with Gasteiger partial charge in [-0.05, 0) is 45.6 Å². The van der Waals surface area contributed by atoms with Crippen molar-refractivity contribution in [1.82, 2.24) is 14.5 Å². The summed E-state index contributed by atoms with van der Waals surface area (Å²) in [6.45, 7) is 8.85. The molecule has 0 bridgehead atoms. The number of amides is 1. The van der Waals surface area contributed by atoms with Crippen molar-refractivity contribution in [2.45, 2.75) is 52.6 Å². The Balaban J connectivity index is 1.44. The molecule has 1 amide bonds. The average molecular weight is 357 g/mol. The van der Waals surface area contributed by atoms with Gasteiger partial charge in [0.25, 0.3) is 5.91 Å². The number of carbonyl (C=O) groups is 1. The van der Waals surface area contributed by atoms with Gasteiger partial charge in [0.2, 0.25) is 0 Å². The molecule has 1 fully saturated rings. The first kappa shape index (κ1) is 17.3. The average Bonchev–Trinajstić information content (AvgIpc) is 3.25. The Kier molecular flexibility index (Phi) is 4.61. The van der Waals surface area contributed by atoms with Crippen LogP contribution < -0.4 is 0 Å². The molecular weight excluding hydrogens is 330 g/mol. The predicted octanol–water partition coefficient (Wildman–Crippen LogP) is 3.28. The number of aryl methyl sites for hydroxylation is 2. The van der Waals surface area contributed by atoms with E-state index in [2.05, 4.69) is 9.55 Å². The van der Waals surface area contributed by atoms with Crippen molar-refractivity contribution in [1.29, 1.82) is 0 Å². The molecule has 0 aromatic carbocycles. The number of imidazole rings is 1. The monoisotopic (exact) mass is 357 g/mol. The molecule has 140 valence electrons. The van der Waals surface area contributed by atoms with E-state index in [1.54, 1.807) is 0 Å². The smallest absolute Gasteiger partial charge is 0.258 e. The minimum Gasteiger partial charge on any atom is -0.466 e. The minimum atomic E-state index is -0.0491. The first-order valence-corrected chi connectivity index (χ1v) is 9.54. The Morgan fingerprint density at radius 2 is 2.15 bits per heavy atom. The largest absolute Gasteiger partial charge is 0.466 e. The first-order chi connectivity index (χ1) is 12.5. The number of nitrogens with zero attached hydrogens (tertiary/aromatic N) is 3. The van der Waals surface area contributed by atoms with E-state index in [9.17, 15) is 4.79 Å². The van der Waals surface area contributed by atoms with Crippen molar-refractivity contribution in [2.24, 2.45) is 5.92 Å². The standard InChI is InChI=1S/C20H27N3O3/c1-13-10-18(15(3)26-13)20(24)22-7-8-23-17(11-21-19(23)14(22)2)6-9-25-12-16-4-5-16/h10-11,14,16H,4-9,12H2,1-3H3/t14-/m0/s1. The zero-order valence-electron chi connectivity index (χ0n) is 15.8. The van der Waals surface area contributed by atoms with Gasteiger partial charge in [0, 0.05) is 38.0 Å². The summed E-state index contributed by atoms with van der Waals surface area (Å²) in [5, 5.41) is 0. The van der Waals surface area contributed by atoms with Crippen LogP contribution in [0.25, 0.3) is 0 Å². The minimum absolute atomic E-state index is 0.0235. The molecule has 1 saturated carbocycles. The van der Waals surface area contributed by atoms with Gasteiger partial charge in [0.05, 0.1) is 18.2 Å². The van der Waals surface area contributed by atoms with E-state index in [1.807, 2.05) is 37.9 Å².